The molecular weight excluding hydrogens is 170 g/mol. The third-order valence-electron chi connectivity index (χ3n) is 0. The second-order valence-corrected chi connectivity index (χ2v) is 0. The van der Waals surface area contributed by atoms with Crippen LogP contribution in [0.3, 0.4) is 0 Å². The molecular formula is CaS2Zn. The van der Waals surface area contributed by atoms with Gasteiger partial charge in [-0.05, 0) is 0 Å². The van der Waals surface area contributed by atoms with Gasteiger partial charge in [0.15, 0.2) is 0 Å². The molecule has 0 aliphatic carbocycles. The molecule has 0 aliphatic heterocycles. The van der Waals surface area contributed by atoms with E-state index in [1.807, 2.05) is 0 Å². The van der Waals surface area contributed by atoms with Gasteiger partial charge in [0.25, 0.3) is 0 Å². The Bertz CT molecular complexity index is 6.00. The van der Waals surface area contributed by atoms with Crippen molar-refractivity contribution in [2.24, 2.45) is 0 Å². The van der Waals surface area contributed by atoms with Crippen LogP contribution >= 0.6 is 0 Å². The summed E-state index contributed by atoms with van der Waals surface area (Å²) in [5.74, 6) is 0. The number of hydrogen-bond donors (Lipinski definition) is 0. The van der Waals surface area contributed by atoms with Gasteiger partial charge in [-0.3, -0.25) is 0 Å². The summed E-state index contributed by atoms with van der Waals surface area (Å²) in [4.78, 5) is 0. The van der Waals surface area contributed by atoms with Crippen LogP contribution in [-0.4, -0.2) is 37.7 Å². The molecule has 4 heteroatoms. The van der Waals surface area contributed by atoms with Gasteiger partial charge >= 0.3 is 57.2 Å². The Labute approximate surface area is 82.8 Å². The predicted octanol–water partition coefficient (Wildman–Crippen LogP) is -0.388. The fourth-order valence-corrected chi connectivity index (χ4v) is 0. The average molecular weight is 170 g/mol. The molecule has 0 unspecified atom stereocenters. The van der Waals surface area contributed by atoms with Crippen molar-refractivity contribution in [1.29, 1.82) is 0 Å². The van der Waals surface area contributed by atoms with Crippen molar-refractivity contribution < 1.29 is 19.5 Å². The van der Waals surface area contributed by atoms with Gasteiger partial charge in [0.1, 0.15) is 0 Å². The van der Waals surface area contributed by atoms with Crippen molar-refractivity contribution in [2.45, 2.75) is 0 Å². The average Bonchev–Trinajstić information content (AvgIpc) is 0. The van der Waals surface area contributed by atoms with Gasteiger partial charge in [0.05, 0.1) is 0 Å². The minimum absolute atomic E-state index is 0. The molecule has 0 N–H and O–H groups in total. The van der Waals surface area contributed by atoms with Crippen molar-refractivity contribution in [3.05, 3.63) is 0 Å². The predicted molar refractivity (Wildman–Crippen MR) is 20.5 cm³/mol. The molecule has 0 nitrogen and oxygen atoms in total. The van der Waals surface area contributed by atoms with Gasteiger partial charge in [-0.25, -0.2) is 0 Å². The van der Waals surface area contributed by atoms with E-state index >= 15 is 0 Å². The second kappa shape index (κ2) is 17.6. The van der Waals surface area contributed by atoms with Crippen LogP contribution in [0, 0.1) is 0 Å². The Morgan fingerprint density at radius 2 is 0.750 bits per heavy atom. The molecule has 0 radical (unpaired) electrons. The first-order valence-electron chi connectivity index (χ1n) is 0. The van der Waals surface area contributed by atoms with E-state index in [9.17, 15) is 0 Å². The summed E-state index contributed by atoms with van der Waals surface area (Å²) in [5, 5.41) is 0. The number of rotatable bonds is 0. The molecule has 0 rings (SSSR count). The van der Waals surface area contributed by atoms with E-state index < -0.39 is 0 Å². The smallest absolute Gasteiger partial charge is 2.00 e. The molecule has 0 aromatic rings. The minimum atomic E-state index is 0. The van der Waals surface area contributed by atoms with Gasteiger partial charge in [0.2, 0.25) is 0 Å². The van der Waals surface area contributed by atoms with Crippen LogP contribution in [0.25, 0.3) is 0 Å². The van der Waals surface area contributed by atoms with Gasteiger partial charge in [-0.1, -0.05) is 0 Å². The maximum Gasteiger partial charge on any atom is 2.00 e. The Kier molecular flexibility index (Phi) is 135. The minimum Gasteiger partial charge on any atom is -2.00 e. The quantitative estimate of drug-likeness (QED) is 0.434. The van der Waals surface area contributed by atoms with E-state index in [0.29, 0.717) is 0 Å². The summed E-state index contributed by atoms with van der Waals surface area (Å²) in [6, 6.07) is 0. The van der Waals surface area contributed by atoms with Crippen molar-refractivity contribution in [1.82, 2.24) is 0 Å². The molecule has 0 aliphatic rings. The summed E-state index contributed by atoms with van der Waals surface area (Å²) in [6.45, 7) is 0. The van der Waals surface area contributed by atoms with E-state index in [0.717, 1.165) is 0 Å². The van der Waals surface area contributed by atoms with Crippen LogP contribution in [0.1, 0.15) is 0 Å². The maximum absolute atomic E-state index is 0. The molecule has 0 aromatic heterocycles. The van der Waals surface area contributed by atoms with Crippen molar-refractivity contribution >= 4 is 64.7 Å². The van der Waals surface area contributed by atoms with Crippen LogP contribution in [0.4, 0.5) is 0 Å². The van der Waals surface area contributed by atoms with E-state index in [2.05, 4.69) is 0 Å². The first-order chi connectivity index (χ1) is 0. The molecule has 0 atom stereocenters. The topological polar surface area (TPSA) is 0 Å². The van der Waals surface area contributed by atoms with Gasteiger partial charge in [-0.15, -0.1) is 0 Å². The first kappa shape index (κ1) is 30.8. The van der Waals surface area contributed by atoms with Crippen molar-refractivity contribution in [3.63, 3.8) is 0 Å². The van der Waals surface area contributed by atoms with Gasteiger partial charge in [-0.2, -0.15) is 0 Å². The third kappa shape index (κ3) is 8.82. The second-order valence-electron chi connectivity index (χ2n) is 0. The zero-order chi connectivity index (χ0) is 0. The molecule has 16 valence electrons. The fraction of sp³-hybridized carbons (Fsp3) is 0. The maximum atomic E-state index is 0. The molecule has 0 heterocycles. The van der Waals surface area contributed by atoms with Crippen molar-refractivity contribution in [2.75, 3.05) is 0 Å². The van der Waals surface area contributed by atoms with Crippen LogP contribution in [0.5, 0.6) is 0 Å². The standard InChI is InChI=1S/Ca.2S.Zn/q+2;2*-2;+2. The molecule has 0 fully saturated rings. The summed E-state index contributed by atoms with van der Waals surface area (Å²) in [6.07, 6.45) is 0. The molecule has 0 spiro atoms. The molecule has 0 saturated carbocycles. The Balaban J connectivity index is 0. The zero-order valence-electron chi connectivity index (χ0n) is 2.23. The van der Waals surface area contributed by atoms with E-state index in [1.165, 1.54) is 0 Å². The molecule has 0 aromatic carbocycles. The molecule has 4 heavy (non-hydrogen) atoms. The van der Waals surface area contributed by atoms with Crippen molar-refractivity contribution in [3.8, 4) is 0 Å². The van der Waals surface area contributed by atoms with Gasteiger partial charge in [0, 0.05) is 0 Å². The van der Waals surface area contributed by atoms with Crippen LogP contribution < -0.4 is 0 Å². The van der Waals surface area contributed by atoms with Gasteiger partial charge < -0.3 is 27.0 Å². The Morgan fingerprint density at radius 1 is 0.750 bits per heavy atom. The SMILES string of the molecule is [Ca+2].[S-2].[S-2].[Zn+2]. The Hall–Kier alpha value is 2.58. The third-order valence-corrected chi connectivity index (χ3v) is 0. The zero-order valence-corrected chi connectivity index (χ0v) is 9.04. The monoisotopic (exact) mass is 168 g/mol. The summed E-state index contributed by atoms with van der Waals surface area (Å²) in [7, 11) is 0. The summed E-state index contributed by atoms with van der Waals surface area (Å²) in [5.41, 5.74) is 0. The van der Waals surface area contributed by atoms with Crippen LogP contribution in [0.2, 0.25) is 0 Å². The summed E-state index contributed by atoms with van der Waals surface area (Å²) >= 11 is 0. The normalized spacial score (nSPS) is 0. The van der Waals surface area contributed by atoms with E-state index in [1.54, 1.807) is 0 Å². The summed E-state index contributed by atoms with van der Waals surface area (Å²) < 4.78 is 0. The van der Waals surface area contributed by atoms with Crippen LogP contribution in [0.15, 0.2) is 0 Å². The molecule has 0 bridgehead atoms. The largest absolute Gasteiger partial charge is 2.00 e. The fourth-order valence-electron chi connectivity index (χ4n) is 0. The molecule has 0 amide bonds. The van der Waals surface area contributed by atoms with E-state index in [-0.39, 0.29) is 84.2 Å². The van der Waals surface area contributed by atoms with Crippen LogP contribution in [-0.2, 0) is 46.5 Å². The molecule has 0 saturated heterocycles. The first-order valence-corrected chi connectivity index (χ1v) is 0. The number of hydrogen-bond acceptors (Lipinski definition) is 0. The van der Waals surface area contributed by atoms with E-state index in [4.69, 9.17) is 0 Å². The Morgan fingerprint density at radius 3 is 0.750 bits per heavy atom.